The first kappa shape index (κ1) is 19.3. The van der Waals surface area contributed by atoms with Gasteiger partial charge in [-0.25, -0.2) is 4.79 Å². The van der Waals surface area contributed by atoms with Crippen molar-refractivity contribution in [3.63, 3.8) is 0 Å². The van der Waals surface area contributed by atoms with Gasteiger partial charge in [0.2, 0.25) is 0 Å². The zero-order chi connectivity index (χ0) is 11.4. The number of methoxy groups -OCH3 is 1. The summed E-state index contributed by atoms with van der Waals surface area (Å²) in [5.41, 5.74) is 0.588. The predicted molar refractivity (Wildman–Crippen MR) is 67.2 cm³/mol. The first-order chi connectivity index (χ1) is 6.84. The Morgan fingerprint density at radius 3 is 1.73 bits per heavy atom. The van der Waals surface area contributed by atoms with Crippen LogP contribution in [0.4, 0.5) is 0 Å². The maximum Gasteiger partial charge on any atom is 0.337 e. The minimum atomic E-state index is -0.291. The van der Waals surface area contributed by atoms with Gasteiger partial charge in [0.25, 0.3) is 0 Å². The second-order valence-electron chi connectivity index (χ2n) is 1.86. The second-order valence-corrected chi connectivity index (χ2v) is 1.86. The first-order valence-electron chi connectivity index (χ1n) is 4.98. The summed E-state index contributed by atoms with van der Waals surface area (Å²) in [5.74, 6) is -0.291. The monoisotopic (exact) mass is 212 g/mol. The van der Waals surface area contributed by atoms with Crippen LogP contribution in [0.15, 0.2) is 30.3 Å². The molecule has 0 saturated heterocycles. The maximum atomic E-state index is 10.8. The molecule has 0 aliphatic rings. The van der Waals surface area contributed by atoms with Gasteiger partial charge < -0.3 is 4.74 Å². The summed E-state index contributed by atoms with van der Waals surface area (Å²) in [6, 6.07) is 8.88. The van der Waals surface area contributed by atoms with Crippen LogP contribution in [0.1, 0.15) is 45.5 Å². The highest BCUT2D eigenvalue weighted by Gasteiger charge is 2.00. The van der Waals surface area contributed by atoms with Crippen LogP contribution in [0.2, 0.25) is 0 Å². The lowest BCUT2D eigenvalue weighted by Gasteiger charge is -1.95. The van der Waals surface area contributed by atoms with E-state index >= 15 is 0 Å². The molecule has 0 fully saturated rings. The van der Waals surface area contributed by atoms with Crippen LogP contribution in [0, 0.1) is 0 Å². The zero-order valence-corrected chi connectivity index (χ0v) is 9.70. The number of hydrogen-bond acceptors (Lipinski definition) is 2. The lowest BCUT2D eigenvalue weighted by Crippen LogP contribution is -1.99. The molecule has 0 saturated carbocycles. The average Bonchev–Trinajstić information content (AvgIpc) is 2.34. The topological polar surface area (TPSA) is 26.3 Å². The van der Waals surface area contributed by atoms with E-state index in [-0.39, 0.29) is 13.4 Å². The van der Waals surface area contributed by atoms with E-state index in [2.05, 4.69) is 4.74 Å². The molecule has 0 spiro atoms. The quantitative estimate of drug-likeness (QED) is 0.653. The average molecular weight is 212 g/mol. The van der Waals surface area contributed by atoms with E-state index < -0.39 is 0 Å². The summed E-state index contributed by atoms with van der Waals surface area (Å²) in [6.45, 7) is 8.00. The third-order valence-corrected chi connectivity index (χ3v) is 1.19. The van der Waals surface area contributed by atoms with Crippen LogP contribution in [0.5, 0.6) is 0 Å². The molecule has 0 radical (unpaired) electrons. The molecule has 0 aliphatic heterocycles. The van der Waals surface area contributed by atoms with Crippen molar-refractivity contribution in [3.8, 4) is 0 Å². The second kappa shape index (κ2) is 15.2. The van der Waals surface area contributed by atoms with E-state index in [9.17, 15) is 4.79 Å². The van der Waals surface area contributed by atoms with E-state index in [0.717, 1.165) is 0 Å². The van der Waals surface area contributed by atoms with Crippen molar-refractivity contribution >= 4 is 5.97 Å². The molecule has 2 heteroatoms. The molecule has 15 heavy (non-hydrogen) atoms. The number of carbonyl (C=O) groups is 1. The summed E-state index contributed by atoms with van der Waals surface area (Å²) in [6.07, 6.45) is 0. The Balaban J connectivity index is -0.000000258. The number of esters is 1. The largest absolute Gasteiger partial charge is 0.465 e. The Labute approximate surface area is 94.3 Å². The minimum absolute atomic E-state index is 0. The van der Waals surface area contributed by atoms with Crippen LogP contribution >= 0.6 is 0 Å². The summed E-state index contributed by atoms with van der Waals surface area (Å²) < 4.78 is 4.50. The highest BCUT2D eigenvalue weighted by atomic mass is 16.5. The molecular weight excluding hydrogens is 188 g/mol. The van der Waals surface area contributed by atoms with E-state index in [1.165, 1.54) is 7.11 Å². The molecular formula is C13H24O2. The SMILES string of the molecule is C.CC.CC.COC(=O)c1ccccc1. The third kappa shape index (κ3) is 9.01. The molecule has 0 bridgehead atoms. The van der Waals surface area contributed by atoms with Gasteiger partial charge in [0.1, 0.15) is 0 Å². The van der Waals surface area contributed by atoms with Crippen LogP contribution in [0.25, 0.3) is 0 Å². The fourth-order valence-corrected chi connectivity index (χ4v) is 0.692. The van der Waals surface area contributed by atoms with E-state index in [1.807, 2.05) is 33.8 Å². The van der Waals surface area contributed by atoms with E-state index in [0.29, 0.717) is 5.56 Å². The first-order valence-corrected chi connectivity index (χ1v) is 4.98. The van der Waals surface area contributed by atoms with Crippen molar-refractivity contribution in [1.82, 2.24) is 0 Å². The predicted octanol–water partition coefficient (Wildman–Crippen LogP) is 4.16. The minimum Gasteiger partial charge on any atom is -0.465 e. The lowest BCUT2D eigenvalue weighted by atomic mass is 10.2. The van der Waals surface area contributed by atoms with Crippen molar-refractivity contribution in [1.29, 1.82) is 0 Å². The molecule has 1 aromatic carbocycles. The highest BCUT2D eigenvalue weighted by Crippen LogP contribution is 1.98. The Morgan fingerprint density at radius 2 is 1.40 bits per heavy atom. The van der Waals surface area contributed by atoms with Crippen molar-refractivity contribution in [2.75, 3.05) is 7.11 Å². The number of benzene rings is 1. The van der Waals surface area contributed by atoms with Gasteiger partial charge in [0.15, 0.2) is 0 Å². The van der Waals surface area contributed by atoms with Crippen LogP contribution in [-0.2, 0) is 4.74 Å². The van der Waals surface area contributed by atoms with Gasteiger partial charge in [-0.15, -0.1) is 0 Å². The van der Waals surface area contributed by atoms with Crippen molar-refractivity contribution in [2.24, 2.45) is 0 Å². The normalized spacial score (nSPS) is 6.73. The van der Waals surface area contributed by atoms with Gasteiger partial charge in [-0.3, -0.25) is 0 Å². The van der Waals surface area contributed by atoms with Gasteiger partial charge in [-0.2, -0.15) is 0 Å². The van der Waals surface area contributed by atoms with Crippen LogP contribution in [0.3, 0.4) is 0 Å². The third-order valence-electron chi connectivity index (χ3n) is 1.19. The van der Waals surface area contributed by atoms with E-state index in [1.54, 1.807) is 24.3 Å². The van der Waals surface area contributed by atoms with Crippen LogP contribution in [-0.4, -0.2) is 13.1 Å². The van der Waals surface area contributed by atoms with Crippen molar-refractivity contribution in [2.45, 2.75) is 35.1 Å². The Bertz CT molecular complexity index is 217. The van der Waals surface area contributed by atoms with Gasteiger partial charge in [-0.05, 0) is 12.1 Å². The summed E-state index contributed by atoms with van der Waals surface area (Å²) in [4.78, 5) is 10.8. The summed E-state index contributed by atoms with van der Waals surface area (Å²) in [7, 11) is 1.37. The fraction of sp³-hybridized carbons (Fsp3) is 0.462. The maximum absolute atomic E-state index is 10.8. The lowest BCUT2D eigenvalue weighted by molar-refractivity contribution is 0.0601. The number of rotatable bonds is 1. The smallest absolute Gasteiger partial charge is 0.337 e. The molecule has 0 aromatic heterocycles. The van der Waals surface area contributed by atoms with Gasteiger partial charge in [0, 0.05) is 0 Å². The van der Waals surface area contributed by atoms with Gasteiger partial charge in [0.05, 0.1) is 12.7 Å². The number of carbonyl (C=O) groups excluding carboxylic acids is 1. The summed E-state index contributed by atoms with van der Waals surface area (Å²) in [5, 5.41) is 0. The Morgan fingerprint density at radius 1 is 1.00 bits per heavy atom. The van der Waals surface area contributed by atoms with Gasteiger partial charge in [-0.1, -0.05) is 53.3 Å². The molecule has 0 N–H and O–H groups in total. The molecule has 0 aliphatic carbocycles. The molecule has 1 rings (SSSR count). The standard InChI is InChI=1S/C8H8O2.2C2H6.CH4/c1-10-8(9)7-5-3-2-4-6-7;2*1-2;/h2-6H,1H3;2*1-2H3;1H4. The Kier molecular flexibility index (Phi) is 19.5. The molecule has 2 nitrogen and oxygen atoms in total. The molecule has 88 valence electrons. The number of ether oxygens (including phenoxy) is 1. The van der Waals surface area contributed by atoms with Crippen molar-refractivity contribution in [3.05, 3.63) is 35.9 Å². The Hall–Kier alpha value is -1.31. The molecule has 0 atom stereocenters. The molecule has 1 aromatic rings. The molecule has 0 heterocycles. The number of hydrogen-bond donors (Lipinski definition) is 0. The zero-order valence-electron chi connectivity index (χ0n) is 9.70. The highest BCUT2D eigenvalue weighted by molar-refractivity contribution is 5.89. The van der Waals surface area contributed by atoms with E-state index in [4.69, 9.17) is 0 Å². The fourth-order valence-electron chi connectivity index (χ4n) is 0.692. The van der Waals surface area contributed by atoms with Crippen molar-refractivity contribution < 1.29 is 9.53 Å². The summed E-state index contributed by atoms with van der Waals surface area (Å²) >= 11 is 0. The van der Waals surface area contributed by atoms with Gasteiger partial charge >= 0.3 is 5.97 Å². The molecule has 0 amide bonds. The van der Waals surface area contributed by atoms with Crippen LogP contribution < -0.4 is 0 Å². The molecule has 0 unspecified atom stereocenters.